The Labute approximate surface area is 320 Å². The molecule has 258 valence electrons. The molecule has 0 aliphatic rings. The van der Waals surface area contributed by atoms with Crippen molar-refractivity contribution in [3.63, 3.8) is 0 Å². The van der Waals surface area contributed by atoms with Crippen LogP contribution in [0.25, 0.3) is 0 Å². The molecule has 12 heteroatoms. The van der Waals surface area contributed by atoms with E-state index in [9.17, 15) is 0 Å². The molecular weight excluding hydrogens is 721 g/mol. The van der Waals surface area contributed by atoms with Crippen LogP contribution < -0.4 is 10.6 Å². The molecule has 0 aliphatic heterocycles. The van der Waals surface area contributed by atoms with E-state index in [-0.39, 0.29) is 0 Å². The summed E-state index contributed by atoms with van der Waals surface area (Å²) in [6.45, 7) is 0. The van der Waals surface area contributed by atoms with E-state index in [1.165, 1.54) is 22.3 Å². The molecule has 0 atom stereocenters. The molecule has 0 radical (unpaired) electrons. The van der Waals surface area contributed by atoms with Gasteiger partial charge in [0.2, 0.25) is 11.9 Å². The molecule has 0 aliphatic carbocycles. The van der Waals surface area contributed by atoms with Crippen LogP contribution in [-0.2, 0) is 23.0 Å². The first kappa shape index (κ1) is 35.5. The summed E-state index contributed by atoms with van der Waals surface area (Å²) >= 11 is 6.38. The Balaban J connectivity index is 1.05. The number of benzene rings is 5. The smallest absolute Gasteiger partial charge is 0.232 e. The largest absolute Gasteiger partial charge is 0.324 e. The summed E-state index contributed by atoms with van der Waals surface area (Å²) in [5.41, 5.74) is 6.56. The highest BCUT2D eigenvalue weighted by Gasteiger charge is 2.12. The number of aromatic nitrogens is 6. The van der Waals surface area contributed by atoms with Crippen molar-refractivity contribution in [1.29, 1.82) is 0 Å². The first-order valence-corrected chi connectivity index (χ1v) is 20.5. The van der Waals surface area contributed by atoms with Gasteiger partial charge in [-0.2, -0.15) is 29.9 Å². The molecule has 7 rings (SSSR count). The van der Waals surface area contributed by atoms with Crippen LogP contribution in [0.3, 0.4) is 0 Å². The number of hydrogen-bond donors (Lipinski definition) is 2. The Bertz CT molecular complexity index is 1870. The van der Waals surface area contributed by atoms with Crippen molar-refractivity contribution in [3.05, 3.63) is 168 Å². The lowest BCUT2D eigenvalue weighted by Crippen LogP contribution is -2.04. The summed E-state index contributed by atoms with van der Waals surface area (Å²) in [5, 5.41) is 9.47. The van der Waals surface area contributed by atoms with Gasteiger partial charge in [0, 0.05) is 34.4 Å². The van der Waals surface area contributed by atoms with E-state index < -0.39 is 0 Å². The highest BCUT2D eigenvalue weighted by Crippen LogP contribution is 2.29. The third kappa shape index (κ3) is 11.1. The van der Waals surface area contributed by atoms with Crippen LogP contribution in [-0.4, -0.2) is 29.9 Å². The van der Waals surface area contributed by atoms with Crippen molar-refractivity contribution in [3.8, 4) is 0 Å². The average molecular weight is 755 g/mol. The summed E-state index contributed by atoms with van der Waals surface area (Å²) in [7, 11) is 0. The van der Waals surface area contributed by atoms with Crippen molar-refractivity contribution >= 4 is 70.3 Å². The summed E-state index contributed by atoms with van der Waals surface area (Å²) in [4.78, 5) is 28.6. The minimum Gasteiger partial charge on any atom is -0.324 e. The van der Waals surface area contributed by atoms with Crippen LogP contribution in [0.2, 0.25) is 0 Å². The molecule has 0 saturated carbocycles. The monoisotopic (exact) mass is 754 g/mol. The minimum absolute atomic E-state index is 0.500. The highest BCUT2D eigenvalue weighted by atomic mass is 32.2. The lowest BCUT2D eigenvalue weighted by Gasteiger charge is -2.11. The second-order valence-corrected chi connectivity index (χ2v) is 15.1. The maximum Gasteiger partial charge on any atom is 0.232 e. The van der Waals surface area contributed by atoms with Gasteiger partial charge in [-0.05, 0) is 46.5 Å². The third-order valence-corrected chi connectivity index (χ3v) is 11.1. The minimum atomic E-state index is 0.500. The fourth-order valence-electron chi connectivity index (χ4n) is 4.83. The highest BCUT2D eigenvalue weighted by molar-refractivity contribution is 7.99. The van der Waals surface area contributed by atoms with Crippen molar-refractivity contribution < 1.29 is 0 Å². The Morgan fingerprint density at radius 3 is 0.808 bits per heavy atom. The molecule has 5 aromatic carbocycles. The lowest BCUT2D eigenvalue weighted by molar-refractivity contribution is 0.809. The fourth-order valence-corrected chi connectivity index (χ4v) is 8.11. The summed E-state index contributed by atoms with van der Waals surface area (Å²) < 4.78 is 0. The zero-order valence-corrected chi connectivity index (χ0v) is 31.3. The summed E-state index contributed by atoms with van der Waals surface area (Å²) in [5.74, 6) is 4.07. The van der Waals surface area contributed by atoms with Crippen molar-refractivity contribution in [2.45, 2.75) is 43.6 Å². The summed E-state index contributed by atoms with van der Waals surface area (Å²) in [6.07, 6.45) is 0. The van der Waals surface area contributed by atoms with Gasteiger partial charge >= 0.3 is 0 Å². The molecule has 0 spiro atoms. The Kier molecular flexibility index (Phi) is 12.7. The van der Waals surface area contributed by atoms with E-state index in [1.807, 2.05) is 97.1 Å². The van der Waals surface area contributed by atoms with Crippen LogP contribution >= 0.6 is 47.0 Å². The van der Waals surface area contributed by atoms with E-state index in [0.717, 1.165) is 34.4 Å². The standard InChI is InChI=1S/C40H34N8S4/c1-5-13-29(14-6-1)25-49-37-43-35(44-38(47-37)50-26-30-15-7-2-8-16-30)41-33-21-23-34(24-22-33)42-36-45-39(51-27-31-17-9-3-10-18-31)48-40(46-36)52-28-32-19-11-4-12-20-32/h1-24H,25-28H2,(H,41,43,44,47)(H,42,45,46,48). The molecule has 52 heavy (non-hydrogen) atoms. The van der Waals surface area contributed by atoms with Crippen LogP contribution in [0.4, 0.5) is 23.3 Å². The second kappa shape index (κ2) is 18.6. The molecular formula is C40H34N8S4. The average Bonchev–Trinajstić information content (AvgIpc) is 3.20. The predicted octanol–water partition coefficient (Wildman–Crippen LogP) is 10.7. The van der Waals surface area contributed by atoms with E-state index in [1.54, 1.807) is 47.0 Å². The maximum absolute atomic E-state index is 4.77. The van der Waals surface area contributed by atoms with Crippen LogP contribution in [0.15, 0.2) is 166 Å². The van der Waals surface area contributed by atoms with Gasteiger partial charge in [-0.1, -0.05) is 168 Å². The second-order valence-electron chi connectivity index (χ2n) is 11.4. The molecule has 2 aromatic heterocycles. The van der Waals surface area contributed by atoms with Crippen LogP contribution in [0, 0.1) is 0 Å². The molecule has 0 unspecified atom stereocenters. The third-order valence-electron chi connectivity index (χ3n) is 7.43. The molecule has 2 heterocycles. The van der Waals surface area contributed by atoms with Gasteiger partial charge in [-0.3, -0.25) is 0 Å². The Hall–Kier alpha value is -4.88. The van der Waals surface area contributed by atoms with Gasteiger partial charge in [-0.25, -0.2) is 0 Å². The first-order chi connectivity index (χ1) is 25.7. The number of thioether (sulfide) groups is 4. The van der Waals surface area contributed by atoms with Gasteiger partial charge in [0.05, 0.1) is 0 Å². The number of rotatable bonds is 16. The molecule has 7 aromatic rings. The van der Waals surface area contributed by atoms with E-state index in [2.05, 4.69) is 59.2 Å². The summed E-state index contributed by atoms with van der Waals surface area (Å²) in [6, 6.07) is 49.3. The van der Waals surface area contributed by atoms with Crippen molar-refractivity contribution in [1.82, 2.24) is 29.9 Å². The molecule has 0 bridgehead atoms. The molecule has 8 nitrogen and oxygen atoms in total. The van der Waals surface area contributed by atoms with E-state index in [4.69, 9.17) is 29.9 Å². The van der Waals surface area contributed by atoms with Crippen LogP contribution in [0.5, 0.6) is 0 Å². The Morgan fingerprint density at radius 2 is 0.558 bits per heavy atom. The van der Waals surface area contributed by atoms with E-state index in [0.29, 0.717) is 32.5 Å². The number of anilines is 4. The zero-order chi connectivity index (χ0) is 35.2. The maximum atomic E-state index is 4.77. The first-order valence-electron chi connectivity index (χ1n) is 16.5. The quantitative estimate of drug-likeness (QED) is 0.0918. The number of nitrogens with zero attached hydrogens (tertiary/aromatic N) is 6. The van der Waals surface area contributed by atoms with Gasteiger partial charge < -0.3 is 10.6 Å². The molecule has 0 amide bonds. The van der Waals surface area contributed by atoms with Crippen molar-refractivity contribution in [2.75, 3.05) is 10.6 Å². The molecule has 2 N–H and O–H groups in total. The predicted molar refractivity (Wildman–Crippen MR) is 217 cm³/mol. The fraction of sp³-hybridized carbons (Fsp3) is 0.100. The molecule has 0 saturated heterocycles. The lowest BCUT2D eigenvalue weighted by atomic mass is 10.2. The topological polar surface area (TPSA) is 101 Å². The van der Waals surface area contributed by atoms with Gasteiger partial charge in [-0.15, -0.1) is 0 Å². The molecule has 0 fully saturated rings. The zero-order valence-electron chi connectivity index (χ0n) is 28.0. The number of hydrogen-bond acceptors (Lipinski definition) is 12. The SMILES string of the molecule is c1ccc(CSc2nc(Nc3ccc(Nc4nc(SCc5ccccc5)nc(SCc5ccccc5)n4)cc3)nc(SCc3ccccc3)n2)cc1. The van der Waals surface area contributed by atoms with Crippen molar-refractivity contribution in [2.24, 2.45) is 0 Å². The van der Waals surface area contributed by atoms with Gasteiger partial charge in [0.15, 0.2) is 20.6 Å². The van der Waals surface area contributed by atoms with Gasteiger partial charge in [0.1, 0.15) is 0 Å². The number of nitrogens with one attached hydrogen (secondary N) is 2. The van der Waals surface area contributed by atoms with E-state index >= 15 is 0 Å². The Morgan fingerprint density at radius 1 is 0.308 bits per heavy atom. The normalized spacial score (nSPS) is 10.9. The van der Waals surface area contributed by atoms with Gasteiger partial charge in [0.25, 0.3) is 0 Å². The van der Waals surface area contributed by atoms with Crippen LogP contribution in [0.1, 0.15) is 22.3 Å².